The van der Waals surface area contributed by atoms with Crippen molar-refractivity contribution in [2.24, 2.45) is 5.92 Å². The molecule has 1 aromatic rings. The largest absolute Gasteiger partial charge is 0.479 e. The van der Waals surface area contributed by atoms with Gasteiger partial charge in [-0.3, -0.25) is 9.59 Å². The fourth-order valence-corrected chi connectivity index (χ4v) is 5.89. The minimum absolute atomic E-state index is 0.104. The third-order valence-corrected chi connectivity index (χ3v) is 8.14. The Balaban J connectivity index is 1.42. The first kappa shape index (κ1) is 21.1. The van der Waals surface area contributed by atoms with Gasteiger partial charge in [-0.25, -0.2) is 8.42 Å². The van der Waals surface area contributed by atoms with Gasteiger partial charge in [-0.15, -0.1) is 0 Å². The lowest BCUT2D eigenvalue weighted by atomic mass is 9.96. The summed E-state index contributed by atoms with van der Waals surface area (Å²) in [5.41, 5.74) is 0.366. The van der Waals surface area contributed by atoms with Gasteiger partial charge in [-0.05, 0) is 50.8 Å². The molecule has 1 aromatic carbocycles. The topological polar surface area (TPSA) is 96.0 Å². The molecular weight excluding hydrogens is 406 g/mol. The Kier molecular flexibility index (Phi) is 6.02. The first-order valence-corrected chi connectivity index (χ1v) is 12.2. The number of carbonyl (C=O) groups is 2. The number of ether oxygens (including phenoxy) is 1. The Labute approximate surface area is 177 Å². The molecule has 1 N–H and O–H groups in total. The zero-order chi connectivity index (χ0) is 21.3. The van der Waals surface area contributed by atoms with Crippen molar-refractivity contribution in [3.8, 4) is 5.75 Å². The number of rotatable bonds is 3. The van der Waals surface area contributed by atoms with E-state index in [9.17, 15) is 18.0 Å². The number of nitrogens with one attached hydrogen (secondary N) is 1. The minimum Gasteiger partial charge on any atom is -0.479 e. The summed E-state index contributed by atoms with van der Waals surface area (Å²) in [7, 11) is -3.70. The van der Waals surface area contributed by atoms with Crippen LogP contribution in [0.5, 0.6) is 5.75 Å². The molecule has 0 saturated carbocycles. The lowest BCUT2D eigenvalue weighted by molar-refractivity contribution is -0.136. The van der Waals surface area contributed by atoms with E-state index >= 15 is 0 Å². The van der Waals surface area contributed by atoms with E-state index in [1.54, 1.807) is 13.0 Å². The Morgan fingerprint density at radius 3 is 2.40 bits per heavy atom. The number of piperidine rings is 1. The summed E-state index contributed by atoms with van der Waals surface area (Å²) in [5.74, 6) is 0.233. The van der Waals surface area contributed by atoms with Crippen LogP contribution in [0.3, 0.4) is 0 Å². The van der Waals surface area contributed by atoms with Gasteiger partial charge in [0.1, 0.15) is 5.75 Å². The molecule has 9 heteroatoms. The predicted molar refractivity (Wildman–Crippen MR) is 112 cm³/mol. The fourth-order valence-electron chi connectivity index (χ4n) is 4.39. The average Bonchev–Trinajstić information content (AvgIpc) is 3.03. The number of nitrogens with zero attached hydrogens (tertiary/aromatic N) is 2. The van der Waals surface area contributed by atoms with E-state index in [1.807, 2.05) is 4.90 Å². The molecule has 0 aromatic heterocycles. The van der Waals surface area contributed by atoms with Crippen LogP contribution in [0.4, 0.5) is 5.69 Å². The highest BCUT2D eigenvalue weighted by atomic mass is 32.2. The molecule has 0 unspecified atom stereocenters. The monoisotopic (exact) mass is 435 g/mol. The smallest absolute Gasteiger partial charge is 0.265 e. The first-order valence-electron chi connectivity index (χ1n) is 10.8. The SMILES string of the molecule is C[C@H]1Oc2ccc(S(=O)(=O)N3CCC(C(=O)N4CCCCCC4)CC3)cc2NC1=O. The van der Waals surface area contributed by atoms with Gasteiger partial charge < -0.3 is 15.0 Å². The summed E-state index contributed by atoms with van der Waals surface area (Å²) in [6.07, 6.45) is 4.92. The Morgan fingerprint density at radius 2 is 1.73 bits per heavy atom. The van der Waals surface area contributed by atoms with E-state index in [0.717, 1.165) is 25.9 Å². The van der Waals surface area contributed by atoms with Crippen LogP contribution in [-0.2, 0) is 19.6 Å². The number of fused-ring (bicyclic) bond motifs is 1. The second-order valence-electron chi connectivity index (χ2n) is 8.33. The highest BCUT2D eigenvalue weighted by Gasteiger charge is 2.35. The third-order valence-electron chi connectivity index (χ3n) is 6.24. The van der Waals surface area contributed by atoms with E-state index in [1.165, 1.54) is 29.3 Å². The van der Waals surface area contributed by atoms with Crippen molar-refractivity contribution in [1.29, 1.82) is 0 Å². The second-order valence-corrected chi connectivity index (χ2v) is 10.3. The number of benzene rings is 1. The van der Waals surface area contributed by atoms with Gasteiger partial charge in [0, 0.05) is 32.1 Å². The molecule has 8 nitrogen and oxygen atoms in total. The first-order chi connectivity index (χ1) is 14.4. The number of sulfonamides is 1. The maximum absolute atomic E-state index is 13.1. The van der Waals surface area contributed by atoms with E-state index < -0.39 is 16.1 Å². The molecule has 3 heterocycles. The lowest BCUT2D eigenvalue weighted by Gasteiger charge is -2.33. The van der Waals surface area contributed by atoms with Crippen molar-refractivity contribution < 1.29 is 22.7 Å². The standard InChI is InChI=1S/C21H29N3O5S/c1-15-20(25)22-18-14-17(6-7-19(18)29-15)30(27,28)24-12-8-16(9-13-24)21(26)23-10-4-2-3-5-11-23/h6-7,14-16H,2-5,8-13H2,1H3,(H,22,25)/t15-/m1/s1. The van der Waals surface area contributed by atoms with E-state index in [2.05, 4.69) is 5.32 Å². The van der Waals surface area contributed by atoms with Crippen LogP contribution >= 0.6 is 0 Å². The molecule has 0 radical (unpaired) electrons. The van der Waals surface area contributed by atoms with Crippen LogP contribution in [0.2, 0.25) is 0 Å². The minimum atomic E-state index is -3.70. The van der Waals surface area contributed by atoms with Crippen molar-refractivity contribution in [3.05, 3.63) is 18.2 Å². The van der Waals surface area contributed by atoms with Gasteiger partial charge in [0.15, 0.2) is 6.10 Å². The number of likely N-dealkylation sites (tertiary alicyclic amines) is 1. The van der Waals surface area contributed by atoms with Crippen LogP contribution in [-0.4, -0.2) is 61.7 Å². The fraction of sp³-hybridized carbons (Fsp3) is 0.619. The molecular formula is C21H29N3O5S. The molecule has 1 atom stereocenters. The van der Waals surface area contributed by atoms with E-state index in [-0.39, 0.29) is 22.6 Å². The van der Waals surface area contributed by atoms with Crippen molar-refractivity contribution in [1.82, 2.24) is 9.21 Å². The van der Waals surface area contributed by atoms with Crippen LogP contribution in [0.1, 0.15) is 45.4 Å². The Hall–Kier alpha value is -2.13. The summed E-state index contributed by atoms with van der Waals surface area (Å²) >= 11 is 0. The van der Waals surface area contributed by atoms with Gasteiger partial charge in [0.05, 0.1) is 10.6 Å². The molecule has 2 saturated heterocycles. The van der Waals surface area contributed by atoms with Crippen molar-refractivity contribution in [2.75, 3.05) is 31.5 Å². The summed E-state index contributed by atoms with van der Waals surface area (Å²) in [6.45, 7) is 3.92. The zero-order valence-electron chi connectivity index (χ0n) is 17.3. The second kappa shape index (κ2) is 8.55. The normalized spacial score (nSPS) is 23.8. The van der Waals surface area contributed by atoms with Gasteiger partial charge in [0.2, 0.25) is 15.9 Å². The van der Waals surface area contributed by atoms with Crippen LogP contribution < -0.4 is 10.1 Å². The number of hydrogen-bond donors (Lipinski definition) is 1. The summed E-state index contributed by atoms with van der Waals surface area (Å²) in [4.78, 5) is 26.8. The van der Waals surface area contributed by atoms with Crippen LogP contribution in [0, 0.1) is 5.92 Å². The molecule has 3 aliphatic heterocycles. The summed E-state index contributed by atoms with van der Waals surface area (Å²) in [5, 5.41) is 2.69. The van der Waals surface area contributed by atoms with E-state index in [0.29, 0.717) is 37.4 Å². The van der Waals surface area contributed by atoms with Crippen LogP contribution in [0.25, 0.3) is 0 Å². The number of carbonyl (C=O) groups excluding carboxylic acids is 2. The maximum Gasteiger partial charge on any atom is 0.265 e. The van der Waals surface area contributed by atoms with Gasteiger partial charge in [-0.2, -0.15) is 4.31 Å². The molecule has 0 aliphatic carbocycles. The van der Waals surface area contributed by atoms with Crippen molar-refractivity contribution in [2.45, 2.75) is 56.4 Å². The number of amides is 2. The maximum atomic E-state index is 13.1. The summed E-state index contributed by atoms with van der Waals surface area (Å²) in [6, 6.07) is 4.53. The highest BCUT2D eigenvalue weighted by Crippen LogP contribution is 2.34. The Bertz CT molecular complexity index is 917. The lowest BCUT2D eigenvalue weighted by Crippen LogP contribution is -2.44. The molecule has 164 valence electrons. The third kappa shape index (κ3) is 4.18. The van der Waals surface area contributed by atoms with Crippen molar-refractivity contribution >= 4 is 27.5 Å². The molecule has 2 fully saturated rings. The molecule has 2 amide bonds. The highest BCUT2D eigenvalue weighted by molar-refractivity contribution is 7.89. The molecule has 30 heavy (non-hydrogen) atoms. The Morgan fingerprint density at radius 1 is 1.07 bits per heavy atom. The van der Waals surface area contributed by atoms with E-state index in [4.69, 9.17) is 4.74 Å². The summed E-state index contributed by atoms with van der Waals surface area (Å²) < 4.78 is 33.2. The quantitative estimate of drug-likeness (QED) is 0.785. The predicted octanol–water partition coefficient (Wildman–Crippen LogP) is 2.21. The molecule has 4 rings (SSSR count). The van der Waals surface area contributed by atoms with Gasteiger partial charge >= 0.3 is 0 Å². The van der Waals surface area contributed by atoms with Crippen LogP contribution in [0.15, 0.2) is 23.1 Å². The molecule has 3 aliphatic rings. The molecule has 0 bridgehead atoms. The zero-order valence-corrected chi connectivity index (χ0v) is 18.1. The molecule has 0 spiro atoms. The number of hydrogen-bond acceptors (Lipinski definition) is 5. The average molecular weight is 436 g/mol. The van der Waals surface area contributed by atoms with Crippen molar-refractivity contribution in [3.63, 3.8) is 0 Å². The van der Waals surface area contributed by atoms with Gasteiger partial charge in [-0.1, -0.05) is 12.8 Å². The number of anilines is 1. The van der Waals surface area contributed by atoms with Gasteiger partial charge in [0.25, 0.3) is 5.91 Å².